The van der Waals surface area contributed by atoms with Crippen molar-refractivity contribution in [3.05, 3.63) is 29.3 Å². The second kappa shape index (κ2) is 4.82. The third-order valence-corrected chi connectivity index (χ3v) is 3.83. The zero-order chi connectivity index (χ0) is 12.3. The van der Waals surface area contributed by atoms with Crippen molar-refractivity contribution in [3.8, 4) is 0 Å². The van der Waals surface area contributed by atoms with Gasteiger partial charge in [-0.3, -0.25) is 0 Å². The molecule has 0 saturated carbocycles. The number of carboxylic acid groups (broad SMARTS) is 1. The molecular weight excluding hydrogens is 256 g/mol. The van der Waals surface area contributed by atoms with Gasteiger partial charge in [0.25, 0.3) is 0 Å². The van der Waals surface area contributed by atoms with Crippen LogP contribution >= 0.6 is 11.6 Å². The van der Waals surface area contributed by atoms with Gasteiger partial charge in [-0.25, -0.2) is 13.2 Å². The van der Waals surface area contributed by atoms with Gasteiger partial charge in [-0.05, 0) is 24.3 Å². The van der Waals surface area contributed by atoms with E-state index in [4.69, 9.17) is 21.8 Å². The van der Waals surface area contributed by atoms with E-state index in [9.17, 15) is 13.2 Å². The quantitative estimate of drug-likeness (QED) is 0.829. The van der Waals surface area contributed by atoms with E-state index in [0.717, 1.165) is 0 Å². The third-order valence-electron chi connectivity index (χ3n) is 1.84. The summed E-state index contributed by atoms with van der Waals surface area (Å²) in [5.41, 5.74) is 0. The van der Waals surface area contributed by atoms with Crippen LogP contribution in [0.4, 0.5) is 0 Å². The smallest absolute Gasteiger partial charge is 0.333 e. The maximum Gasteiger partial charge on any atom is 0.333 e. The lowest BCUT2D eigenvalue weighted by molar-refractivity contribution is -0.145. The Labute approximate surface area is 97.2 Å². The van der Waals surface area contributed by atoms with Gasteiger partial charge in [0.15, 0.2) is 15.9 Å². The summed E-state index contributed by atoms with van der Waals surface area (Å²) in [5, 5.41) is 17.7. The third kappa shape index (κ3) is 3.19. The SMILES string of the molecule is O=C(O)C(O)CS(=O)(=O)c1ccc(Cl)cc1. The highest BCUT2D eigenvalue weighted by molar-refractivity contribution is 7.91. The summed E-state index contributed by atoms with van der Waals surface area (Å²) in [6, 6.07) is 5.27. The fourth-order valence-electron chi connectivity index (χ4n) is 1.02. The average molecular weight is 265 g/mol. The molecule has 0 aromatic heterocycles. The second-order valence-corrected chi connectivity index (χ2v) is 5.56. The molecule has 16 heavy (non-hydrogen) atoms. The Bertz CT molecular complexity index is 479. The van der Waals surface area contributed by atoms with Crippen LogP contribution in [0.3, 0.4) is 0 Å². The molecule has 0 aliphatic heterocycles. The predicted octanol–water partition coefficient (Wildman–Crippen LogP) is 0.559. The standard InChI is InChI=1S/C9H9ClO5S/c10-6-1-3-7(4-2-6)16(14,15)5-8(11)9(12)13/h1-4,8,11H,5H2,(H,12,13). The van der Waals surface area contributed by atoms with Gasteiger partial charge in [0.05, 0.1) is 10.6 Å². The molecule has 1 unspecified atom stereocenters. The number of aliphatic carboxylic acids is 1. The van der Waals surface area contributed by atoms with Crippen molar-refractivity contribution < 1.29 is 23.4 Å². The molecule has 7 heteroatoms. The Morgan fingerprint density at radius 3 is 2.25 bits per heavy atom. The van der Waals surface area contributed by atoms with Gasteiger partial charge in [-0.2, -0.15) is 0 Å². The van der Waals surface area contributed by atoms with Crippen LogP contribution in [0.25, 0.3) is 0 Å². The molecule has 2 N–H and O–H groups in total. The summed E-state index contributed by atoms with van der Waals surface area (Å²) >= 11 is 5.58. The van der Waals surface area contributed by atoms with Crippen LogP contribution in [0.1, 0.15) is 0 Å². The number of hydrogen-bond acceptors (Lipinski definition) is 4. The molecule has 0 aliphatic carbocycles. The number of aliphatic hydroxyl groups excluding tert-OH is 1. The van der Waals surface area contributed by atoms with Crippen molar-refractivity contribution in [2.24, 2.45) is 0 Å². The fourth-order valence-corrected chi connectivity index (χ4v) is 2.44. The number of sulfone groups is 1. The van der Waals surface area contributed by atoms with Crippen molar-refractivity contribution in [2.75, 3.05) is 5.75 Å². The van der Waals surface area contributed by atoms with Crippen molar-refractivity contribution >= 4 is 27.4 Å². The maximum atomic E-state index is 11.6. The van der Waals surface area contributed by atoms with Gasteiger partial charge >= 0.3 is 5.97 Å². The highest BCUT2D eigenvalue weighted by atomic mass is 35.5. The number of rotatable bonds is 4. The van der Waals surface area contributed by atoms with E-state index >= 15 is 0 Å². The molecule has 0 fully saturated rings. The number of halogens is 1. The van der Waals surface area contributed by atoms with Crippen LogP contribution in [-0.4, -0.2) is 36.5 Å². The summed E-state index contributed by atoms with van der Waals surface area (Å²) < 4.78 is 23.2. The lowest BCUT2D eigenvalue weighted by atomic mass is 10.4. The highest BCUT2D eigenvalue weighted by Gasteiger charge is 2.24. The Hall–Kier alpha value is -1.11. The van der Waals surface area contributed by atoms with Crippen LogP contribution in [0.2, 0.25) is 5.02 Å². The molecule has 5 nitrogen and oxygen atoms in total. The first kappa shape index (κ1) is 13.0. The molecule has 1 aromatic carbocycles. The number of carboxylic acids is 1. The zero-order valence-corrected chi connectivity index (χ0v) is 9.57. The summed E-state index contributed by atoms with van der Waals surface area (Å²) in [6.07, 6.45) is -1.93. The largest absolute Gasteiger partial charge is 0.479 e. The van der Waals surface area contributed by atoms with E-state index in [-0.39, 0.29) is 4.90 Å². The van der Waals surface area contributed by atoms with Crippen molar-refractivity contribution in [1.82, 2.24) is 0 Å². The van der Waals surface area contributed by atoms with E-state index in [1.807, 2.05) is 0 Å². The van der Waals surface area contributed by atoms with Crippen LogP contribution < -0.4 is 0 Å². The number of benzene rings is 1. The Morgan fingerprint density at radius 2 is 1.81 bits per heavy atom. The molecule has 1 atom stereocenters. The second-order valence-electron chi connectivity index (χ2n) is 3.09. The molecule has 0 saturated heterocycles. The highest BCUT2D eigenvalue weighted by Crippen LogP contribution is 2.16. The first-order chi connectivity index (χ1) is 7.33. The van der Waals surface area contributed by atoms with Gasteiger partial charge in [0.1, 0.15) is 0 Å². The Kier molecular flexibility index (Phi) is 3.90. The first-order valence-electron chi connectivity index (χ1n) is 4.22. The first-order valence-corrected chi connectivity index (χ1v) is 6.25. The van der Waals surface area contributed by atoms with Gasteiger partial charge in [0, 0.05) is 5.02 Å². The number of hydrogen-bond donors (Lipinski definition) is 2. The lowest BCUT2D eigenvalue weighted by Gasteiger charge is -2.07. The normalized spacial score (nSPS) is 13.4. The monoisotopic (exact) mass is 264 g/mol. The van der Waals surface area contributed by atoms with E-state index in [1.54, 1.807) is 0 Å². The van der Waals surface area contributed by atoms with Crippen molar-refractivity contribution in [3.63, 3.8) is 0 Å². The maximum absolute atomic E-state index is 11.6. The van der Waals surface area contributed by atoms with Crippen molar-refractivity contribution in [1.29, 1.82) is 0 Å². The Morgan fingerprint density at radius 1 is 1.31 bits per heavy atom. The molecule has 0 bridgehead atoms. The van der Waals surface area contributed by atoms with Crippen LogP contribution in [0.15, 0.2) is 29.2 Å². The van der Waals surface area contributed by atoms with Crippen LogP contribution in [-0.2, 0) is 14.6 Å². The minimum Gasteiger partial charge on any atom is -0.479 e. The molecule has 88 valence electrons. The van der Waals surface area contributed by atoms with Crippen LogP contribution in [0, 0.1) is 0 Å². The molecule has 1 aromatic rings. The molecule has 0 heterocycles. The van der Waals surface area contributed by atoms with E-state index < -0.39 is 27.7 Å². The van der Waals surface area contributed by atoms with E-state index in [1.165, 1.54) is 24.3 Å². The van der Waals surface area contributed by atoms with Crippen LogP contribution in [0.5, 0.6) is 0 Å². The van der Waals surface area contributed by atoms with Gasteiger partial charge in [-0.15, -0.1) is 0 Å². The average Bonchev–Trinajstić information content (AvgIpc) is 2.17. The molecule has 0 radical (unpaired) electrons. The summed E-state index contributed by atoms with van der Waals surface area (Å²) in [4.78, 5) is 10.3. The lowest BCUT2D eigenvalue weighted by Crippen LogP contribution is -2.28. The molecule has 1 rings (SSSR count). The fraction of sp³-hybridized carbons (Fsp3) is 0.222. The van der Waals surface area contributed by atoms with Crippen molar-refractivity contribution in [2.45, 2.75) is 11.0 Å². The molecular formula is C9H9ClO5S. The number of carbonyl (C=O) groups is 1. The van der Waals surface area contributed by atoms with Gasteiger partial charge in [-0.1, -0.05) is 11.6 Å². The Balaban J connectivity index is 2.94. The minimum atomic E-state index is -3.81. The molecule has 0 amide bonds. The van der Waals surface area contributed by atoms with Gasteiger partial charge in [0.2, 0.25) is 0 Å². The van der Waals surface area contributed by atoms with E-state index in [2.05, 4.69) is 0 Å². The van der Waals surface area contributed by atoms with Gasteiger partial charge < -0.3 is 10.2 Å². The summed E-state index contributed by atoms with van der Waals surface area (Å²) in [5.74, 6) is -2.43. The topological polar surface area (TPSA) is 91.7 Å². The number of aliphatic hydroxyl groups is 1. The summed E-state index contributed by atoms with van der Waals surface area (Å²) in [6.45, 7) is 0. The minimum absolute atomic E-state index is 0.0720. The predicted molar refractivity (Wildman–Crippen MR) is 57.1 cm³/mol. The summed E-state index contributed by atoms with van der Waals surface area (Å²) in [7, 11) is -3.81. The molecule has 0 spiro atoms. The molecule has 0 aliphatic rings. The van der Waals surface area contributed by atoms with E-state index in [0.29, 0.717) is 5.02 Å². The zero-order valence-electron chi connectivity index (χ0n) is 8.00.